The molecule has 1 saturated carbocycles. The van der Waals surface area contributed by atoms with E-state index < -0.39 is 5.60 Å². The lowest BCUT2D eigenvalue weighted by molar-refractivity contribution is -0.179. The molecule has 2 N–H and O–H groups in total. The molecule has 0 bridgehead atoms. The highest BCUT2D eigenvalue weighted by Crippen LogP contribution is 2.35. The minimum absolute atomic E-state index is 0.317. The summed E-state index contributed by atoms with van der Waals surface area (Å²) in [6, 6.07) is 0.438. The summed E-state index contributed by atoms with van der Waals surface area (Å²) in [7, 11) is 0. The Morgan fingerprint density at radius 2 is 1.70 bits per heavy atom. The van der Waals surface area contributed by atoms with Crippen molar-refractivity contribution in [2.24, 2.45) is 0 Å². The number of rotatable bonds is 4. The van der Waals surface area contributed by atoms with Gasteiger partial charge in [0.25, 0.3) is 0 Å². The highest BCUT2D eigenvalue weighted by molar-refractivity contribution is 5.68. The maximum atomic E-state index is 11.9. The molecule has 1 aliphatic carbocycles. The minimum Gasteiger partial charge on any atom is -0.444 e. The van der Waals surface area contributed by atoms with Crippen LogP contribution in [-0.4, -0.2) is 48.8 Å². The lowest BCUT2D eigenvalue weighted by Crippen LogP contribution is -2.54. The van der Waals surface area contributed by atoms with E-state index in [-0.39, 0.29) is 17.4 Å². The Kier molecular flexibility index (Phi) is 5.59. The van der Waals surface area contributed by atoms with Crippen molar-refractivity contribution in [3.05, 3.63) is 0 Å². The molecule has 0 unspecified atom stereocenters. The topological polar surface area (TPSA) is 68.8 Å². The van der Waals surface area contributed by atoms with Crippen LogP contribution in [0.3, 0.4) is 0 Å². The molecule has 6 heteroatoms. The average molecular weight is 328 g/mol. The monoisotopic (exact) mass is 328 g/mol. The average Bonchev–Trinajstić information content (AvgIpc) is 2.84. The molecule has 23 heavy (non-hydrogen) atoms. The highest BCUT2D eigenvalue weighted by Gasteiger charge is 2.40. The molecule has 1 aliphatic heterocycles. The van der Waals surface area contributed by atoms with Crippen LogP contribution in [0.15, 0.2) is 0 Å². The van der Waals surface area contributed by atoms with E-state index in [1.807, 2.05) is 34.6 Å². The van der Waals surface area contributed by atoms with Crippen molar-refractivity contribution in [1.29, 1.82) is 0 Å². The summed E-state index contributed by atoms with van der Waals surface area (Å²) in [4.78, 5) is 11.9. The number of carbonyl (C=O) groups excluding carboxylic acids is 1. The molecule has 0 aromatic heterocycles. The van der Waals surface area contributed by atoms with E-state index in [0.717, 1.165) is 25.7 Å². The van der Waals surface area contributed by atoms with Gasteiger partial charge in [-0.25, -0.2) is 4.79 Å². The summed E-state index contributed by atoms with van der Waals surface area (Å²) in [6.07, 6.45) is 3.56. The van der Waals surface area contributed by atoms with E-state index in [4.69, 9.17) is 14.2 Å². The number of hydrogen-bond acceptors (Lipinski definition) is 5. The van der Waals surface area contributed by atoms with Crippen LogP contribution in [-0.2, 0) is 14.2 Å². The van der Waals surface area contributed by atoms with Gasteiger partial charge in [-0.2, -0.15) is 0 Å². The van der Waals surface area contributed by atoms with Gasteiger partial charge in [0.2, 0.25) is 0 Å². The fourth-order valence-corrected chi connectivity index (χ4v) is 3.07. The second-order valence-corrected chi connectivity index (χ2v) is 8.27. The Bertz CT molecular complexity index is 401. The van der Waals surface area contributed by atoms with Gasteiger partial charge in [0.15, 0.2) is 5.79 Å². The van der Waals surface area contributed by atoms with Gasteiger partial charge in [0, 0.05) is 25.4 Å². The van der Waals surface area contributed by atoms with Crippen LogP contribution in [0.5, 0.6) is 0 Å². The largest absolute Gasteiger partial charge is 0.444 e. The summed E-state index contributed by atoms with van der Waals surface area (Å²) >= 11 is 0. The van der Waals surface area contributed by atoms with Crippen molar-refractivity contribution in [3.63, 3.8) is 0 Å². The zero-order valence-corrected chi connectivity index (χ0v) is 15.2. The Hall–Kier alpha value is -0.850. The van der Waals surface area contributed by atoms with Gasteiger partial charge in [-0.1, -0.05) is 0 Å². The van der Waals surface area contributed by atoms with Gasteiger partial charge in [-0.15, -0.1) is 0 Å². The normalized spacial score (nSPS) is 22.3. The second kappa shape index (κ2) is 6.95. The lowest BCUT2D eigenvalue weighted by atomic mass is 9.89. The van der Waals surface area contributed by atoms with Crippen LogP contribution in [0.4, 0.5) is 4.79 Å². The second-order valence-electron chi connectivity index (χ2n) is 8.27. The Morgan fingerprint density at radius 1 is 1.13 bits per heavy atom. The Morgan fingerprint density at radius 3 is 2.22 bits per heavy atom. The minimum atomic E-state index is -0.480. The van der Waals surface area contributed by atoms with Crippen LogP contribution >= 0.6 is 0 Å². The molecule has 0 aromatic rings. The molecule has 0 aromatic carbocycles. The molecule has 1 saturated heterocycles. The Labute approximate surface area is 139 Å². The van der Waals surface area contributed by atoms with Crippen LogP contribution < -0.4 is 10.6 Å². The summed E-state index contributed by atoms with van der Waals surface area (Å²) in [5.74, 6) is -0.317. The van der Waals surface area contributed by atoms with Crippen LogP contribution in [0.1, 0.15) is 60.3 Å². The van der Waals surface area contributed by atoms with Crippen molar-refractivity contribution in [2.75, 3.05) is 19.8 Å². The fraction of sp³-hybridized carbons (Fsp3) is 0.941. The van der Waals surface area contributed by atoms with Crippen molar-refractivity contribution in [1.82, 2.24) is 10.6 Å². The molecular weight excluding hydrogens is 296 g/mol. The van der Waals surface area contributed by atoms with Gasteiger partial charge < -0.3 is 24.8 Å². The highest BCUT2D eigenvalue weighted by atomic mass is 16.7. The first kappa shape index (κ1) is 18.5. The maximum absolute atomic E-state index is 11.9. The SMILES string of the molecule is CC(C)(CNC1CCC2(CC1)OCCO2)NC(=O)OC(C)(C)C. The molecule has 0 radical (unpaired) electrons. The van der Waals surface area contributed by atoms with Crippen molar-refractivity contribution >= 4 is 6.09 Å². The molecular formula is C17H32N2O4. The molecule has 2 fully saturated rings. The molecule has 2 aliphatic rings. The van der Waals surface area contributed by atoms with Crippen LogP contribution in [0.25, 0.3) is 0 Å². The van der Waals surface area contributed by atoms with Crippen LogP contribution in [0.2, 0.25) is 0 Å². The summed E-state index contributed by atoms with van der Waals surface area (Å²) < 4.78 is 16.8. The van der Waals surface area contributed by atoms with Gasteiger partial charge in [0.05, 0.1) is 18.8 Å². The van der Waals surface area contributed by atoms with E-state index in [9.17, 15) is 4.79 Å². The molecule has 2 rings (SSSR count). The quantitative estimate of drug-likeness (QED) is 0.830. The zero-order chi connectivity index (χ0) is 17.1. The fourth-order valence-electron chi connectivity index (χ4n) is 3.07. The molecule has 1 spiro atoms. The van der Waals surface area contributed by atoms with Gasteiger partial charge in [-0.3, -0.25) is 0 Å². The molecule has 1 heterocycles. The lowest BCUT2D eigenvalue weighted by Gasteiger charge is -2.37. The zero-order valence-electron chi connectivity index (χ0n) is 15.2. The first-order chi connectivity index (χ1) is 10.6. The molecule has 0 atom stereocenters. The number of ether oxygens (including phenoxy) is 3. The van der Waals surface area contributed by atoms with E-state index in [1.165, 1.54) is 0 Å². The smallest absolute Gasteiger partial charge is 0.408 e. The van der Waals surface area contributed by atoms with Gasteiger partial charge in [-0.05, 0) is 47.5 Å². The standard InChI is InChI=1S/C17H32N2O4/c1-15(2,3)23-14(20)19-16(4,5)12-18-13-6-8-17(9-7-13)21-10-11-22-17/h13,18H,6-12H2,1-5H3,(H,19,20). The van der Waals surface area contributed by atoms with E-state index >= 15 is 0 Å². The van der Waals surface area contributed by atoms with E-state index in [1.54, 1.807) is 0 Å². The summed E-state index contributed by atoms with van der Waals surface area (Å²) in [5.41, 5.74) is -0.843. The summed E-state index contributed by atoms with van der Waals surface area (Å²) in [6.45, 7) is 11.7. The molecule has 6 nitrogen and oxygen atoms in total. The maximum Gasteiger partial charge on any atom is 0.408 e. The third kappa shape index (κ3) is 5.94. The molecule has 134 valence electrons. The first-order valence-electron chi connectivity index (χ1n) is 8.62. The van der Waals surface area contributed by atoms with Crippen LogP contribution in [0, 0.1) is 0 Å². The first-order valence-corrected chi connectivity index (χ1v) is 8.62. The van der Waals surface area contributed by atoms with Crippen molar-refractivity contribution in [2.45, 2.75) is 83.3 Å². The number of alkyl carbamates (subject to hydrolysis) is 1. The predicted molar refractivity (Wildman–Crippen MR) is 88.3 cm³/mol. The summed E-state index contributed by atoms with van der Waals surface area (Å²) in [5, 5.41) is 6.48. The van der Waals surface area contributed by atoms with E-state index in [2.05, 4.69) is 10.6 Å². The van der Waals surface area contributed by atoms with Gasteiger partial charge >= 0.3 is 6.09 Å². The number of amides is 1. The Balaban J connectivity index is 1.71. The number of hydrogen-bond donors (Lipinski definition) is 2. The van der Waals surface area contributed by atoms with Crippen molar-refractivity contribution < 1.29 is 19.0 Å². The number of carbonyl (C=O) groups is 1. The van der Waals surface area contributed by atoms with Gasteiger partial charge in [0.1, 0.15) is 5.60 Å². The third-order valence-corrected chi connectivity index (χ3v) is 4.23. The molecule has 1 amide bonds. The van der Waals surface area contributed by atoms with Crippen molar-refractivity contribution in [3.8, 4) is 0 Å². The third-order valence-electron chi connectivity index (χ3n) is 4.23. The predicted octanol–water partition coefficient (Wildman–Crippen LogP) is 2.57. The number of nitrogens with one attached hydrogen (secondary N) is 2. The van der Waals surface area contributed by atoms with E-state index in [0.29, 0.717) is 25.8 Å².